The molecule has 4 nitrogen and oxygen atoms in total. The van der Waals surface area contributed by atoms with Crippen molar-refractivity contribution < 1.29 is 4.74 Å². The largest absolute Gasteiger partial charge is 0.372 e. The van der Waals surface area contributed by atoms with Crippen molar-refractivity contribution in [1.29, 1.82) is 0 Å². The number of fused-ring (bicyclic) bond motifs is 2. The van der Waals surface area contributed by atoms with Crippen LogP contribution in [0, 0.1) is 0 Å². The molecule has 2 aromatic heterocycles. The molecule has 0 fully saturated rings. The molecule has 4 heteroatoms. The Morgan fingerprint density at radius 2 is 2.06 bits per heavy atom. The zero-order chi connectivity index (χ0) is 11.9. The number of aromatic nitrogens is 3. The molecule has 3 heterocycles. The van der Waals surface area contributed by atoms with E-state index in [0.717, 1.165) is 29.0 Å². The monoisotopic (exact) mass is 237 g/mol. The van der Waals surface area contributed by atoms with Crippen molar-refractivity contribution in [3.8, 4) is 11.4 Å². The van der Waals surface area contributed by atoms with Crippen LogP contribution >= 0.6 is 0 Å². The Hall–Kier alpha value is -2.20. The van der Waals surface area contributed by atoms with Gasteiger partial charge in [-0.25, -0.2) is 4.98 Å². The van der Waals surface area contributed by atoms with E-state index in [1.165, 1.54) is 11.1 Å². The van der Waals surface area contributed by atoms with Gasteiger partial charge in [-0.3, -0.25) is 4.98 Å². The lowest BCUT2D eigenvalue weighted by Crippen LogP contribution is -1.85. The lowest BCUT2D eigenvalue weighted by atomic mass is 10.1. The Morgan fingerprint density at radius 3 is 3.00 bits per heavy atom. The van der Waals surface area contributed by atoms with Crippen molar-refractivity contribution in [3.05, 3.63) is 47.8 Å². The molecule has 4 rings (SSSR count). The minimum atomic E-state index is 0.699. The van der Waals surface area contributed by atoms with Gasteiger partial charge in [-0.2, -0.15) is 0 Å². The predicted molar refractivity (Wildman–Crippen MR) is 67.8 cm³/mol. The fourth-order valence-electron chi connectivity index (χ4n) is 2.31. The molecule has 1 aliphatic rings. The van der Waals surface area contributed by atoms with Crippen molar-refractivity contribution in [3.63, 3.8) is 0 Å². The van der Waals surface area contributed by atoms with Gasteiger partial charge in [0.15, 0.2) is 0 Å². The summed E-state index contributed by atoms with van der Waals surface area (Å²) >= 11 is 0. The molecule has 88 valence electrons. The molecule has 1 aromatic carbocycles. The number of benzene rings is 1. The molecule has 0 spiro atoms. The molecule has 0 bridgehead atoms. The van der Waals surface area contributed by atoms with E-state index in [0.29, 0.717) is 6.61 Å². The zero-order valence-electron chi connectivity index (χ0n) is 9.68. The Balaban J connectivity index is 1.86. The topological polar surface area (TPSA) is 50.8 Å². The van der Waals surface area contributed by atoms with Crippen LogP contribution < -0.4 is 0 Å². The van der Waals surface area contributed by atoms with Gasteiger partial charge in [0.25, 0.3) is 0 Å². The van der Waals surface area contributed by atoms with Gasteiger partial charge in [-0.15, -0.1) is 0 Å². The van der Waals surface area contributed by atoms with Gasteiger partial charge in [-0.1, -0.05) is 12.1 Å². The number of nitrogens with one attached hydrogen (secondary N) is 1. The van der Waals surface area contributed by atoms with E-state index >= 15 is 0 Å². The van der Waals surface area contributed by atoms with Crippen LogP contribution in [0.3, 0.4) is 0 Å². The summed E-state index contributed by atoms with van der Waals surface area (Å²) in [6.07, 6.45) is 3.55. The van der Waals surface area contributed by atoms with Crippen LogP contribution in [0.1, 0.15) is 11.1 Å². The Bertz CT molecular complexity index is 700. The van der Waals surface area contributed by atoms with E-state index in [4.69, 9.17) is 4.74 Å². The van der Waals surface area contributed by atoms with Crippen molar-refractivity contribution in [2.75, 3.05) is 0 Å². The molecule has 0 saturated heterocycles. The lowest BCUT2D eigenvalue weighted by Gasteiger charge is -2.00. The molecule has 18 heavy (non-hydrogen) atoms. The summed E-state index contributed by atoms with van der Waals surface area (Å²) in [6, 6.07) is 8.25. The smallest absolute Gasteiger partial charge is 0.138 e. The molecular formula is C14H11N3O. The molecule has 1 aliphatic heterocycles. The first-order valence-corrected chi connectivity index (χ1v) is 5.90. The minimum Gasteiger partial charge on any atom is -0.372 e. The molecular weight excluding hydrogens is 226 g/mol. The SMILES string of the molecule is c1cc2nc(-c3ccc4c(c3)COC4)[nH]c2cn1. The number of rotatable bonds is 1. The number of hydrogen-bond acceptors (Lipinski definition) is 3. The molecule has 3 aromatic rings. The summed E-state index contributed by atoms with van der Waals surface area (Å²) in [5, 5.41) is 0. The maximum absolute atomic E-state index is 5.42. The highest BCUT2D eigenvalue weighted by Gasteiger charge is 2.13. The van der Waals surface area contributed by atoms with Crippen LogP contribution in [0.15, 0.2) is 36.7 Å². The summed E-state index contributed by atoms with van der Waals surface area (Å²) in [5.74, 6) is 0.882. The van der Waals surface area contributed by atoms with E-state index in [1.807, 2.05) is 6.07 Å². The number of imidazole rings is 1. The number of hydrogen-bond donors (Lipinski definition) is 1. The van der Waals surface area contributed by atoms with Gasteiger partial charge >= 0.3 is 0 Å². The highest BCUT2D eigenvalue weighted by molar-refractivity contribution is 5.78. The van der Waals surface area contributed by atoms with Crippen molar-refractivity contribution in [2.45, 2.75) is 13.2 Å². The highest BCUT2D eigenvalue weighted by Crippen LogP contribution is 2.26. The van der Waals surface area contributed by atoms with Crippen molar-refractivity contribution in [1.82, 2.24) is 15.0 Å². The maximum Gasteiger partial charge on any atom is 0.138 e. The first-order chi connectivity index (χ1) is 8.90. The average Bonchev–Trinajstić information content (AvgIpc) is 3.04. The van der Waals surface area contributed by atoms with E-state index in [9.17, 15) is 0 Å². The fraction of sp³-hybridized carbons (Fsp3) is 0.143. The van der Waals surface area contributed by atoms with Crippen molar-refractivity contribution in [2.24, 2.45) is 0 Å². The second kappa shape index (κ2) is 3.65. The van der Waals surface area contributed by atoms with Crippen LogP contribution in [0.5, 0.6) is 0 Å². The molecule has 0 atom stereocenters. The average molecular weight is 237 g/mol. The van der Waals surface area contributed by atoms with Gasteiger partial charge in [0.1, 0.15) is 5.82 Å². The zero-order valence-corrected chi connectivity index (χ0v) is 9.68. The molecule has 0 amide bonds. The lowest BCUT2D eigenvalue weighted by molar-refractivity contribution is 0.134. The number of H-pyrrole nitrogens is 1. The number of nitrogens with zero attached hydrogens (tertiary/aromatic N) is 2. The Kier molecular flexibility index (Phi) is 1.98. The molecule has 0 saturated carbocycles. The van der Waals surface area contributed by atoms with E-state index in [2.05, 4.69) is 33.2 Å². The highest BCUT2D eigenvalue weighted by atomic mass is 16.5. The summed E-state index contributed by atoms with van der Waals surface area (Å²) in [4.78, 5) is 11.9. The quantitative estimate of drug-likeness (QED) is 0.707. The van der Waals surface area contributed by atoms with E-state index in [-0.39, 0.29) is 0 Å². The first kappa shape index (κ1) is 9.79. The summed E-state index contributed by atoms with van der Waals surface area (Å²) in [7, 11) is 0. The standard InChI is InChI=1S/C14H11N3O/c1-2-10-7-18-8-11(10)5-9(1)14-16-12-3-4-15-6-13(12)17-14/h1-6H,7-8H2,(H,16,17). The third kappa shape index (κ3) is 1.43. The number of ether oxygens (including phenoxy) is 1. The number of pyridine rings is 1. The number of aromatic amines is 1. The van der Waals surface area contributed by atoms with Crippen molar-refractivity contribution >= 4 is 11.0 Å². The summed E-state index contributed by atoms with van der Waals surface area (Å²) in [6.45, 7) is 1.42. The van der Waals surface area contributed by atoms with Gasteiger partial charge in [-0.05, 0) is 23.3 Å². The summed E-state index contributed by atoms with van der Waals surface area (Å²) < 4.78 is 5.42. The van der Waals surface area contributed by atoms with E-state index in [1.54, 1.807) is 12.4 Å². The fourth-order valence-corrected chi connectivity index (χ4v) is 2.31. The van der Waals surface area contributed by atoms with E-state index < -0.39 is 0 Å². The van der Waals surface area contributed by atoms with Gasteiger partial charge in [0.05, 0.1) is 30.4 Å². The van der Waals surface area contributed by atoms with Crippen LogP contribution in [0.2, 0.25) is 0 Å². The predicted octanol–water partition coefficient (Wildman–Crippen LogP) is 2.66. The van der Waals surface area contributed by atoms with Crippen LogP contribution in [-0.2, 0) is 18.0 Å². The molecule has 1 N–H and O–H groups in total. The second-order valence-electron chi connectivity index (χ2n) is 4.45. The first-order valence-electron chi connectivity index (χ1n) is 5.90. The molecule has 0 radical (unpaired) electrons. The van der Waals surface area contributed by atoms with Gasteiger partial charge in [0, 0.05) is 11.8 Å². The van der Waals surface area contributed by atoms with Crippen LogP contribution in [-0.4, -0.2) is 15.0 Å². The minimum absolute atomic E-state index is 0.699. The Labute approximate surface area is 104 Å². The molecule has 0 aliphatic carbocycles. The van der Waals surface area contributed by atoms with Gasteiger partial charge < -0.3 is 9.72 Å². The second-order valence-corrected chi connectivity index (χ2v) is 4.45. The Morgan fingerprint density at radius 1 is 1.11 bits per heavy atom. The normalized spacial score (nSPS) is 14.0. The van der Waals surface area contributed by atoms with Crippen LogP contribution in [0.25, 0.3) is 22.4 Å². The van der Waals surface area contributed by atoms with Gasteiger partial charge in [0.2, 0.25) is 0 Å². The third-order valence-corrected chi connectivity index (χ3v) is 3.28. The third-order valence-electron chi connectivity index (χ3n) is 3.28. The van der Waals surface area contributed by atoms with Crippen LogP contribution in [0.4, 0.5) is 0 Å². The molecule has 0 unspecified atom stereocenters. The summed E-state index contributed by atoms with van der Waals surface area (Å²) in [5.41, 5.74) is 5.53. The maximum atomic E-state index is 5.42.